The number of hydrazine groups is 1. The molecule has 2 rings (SSSR count). The zero-order valence-corrected chi connectivity index (χ0v) is 18.3. The van der Waals surface area contributed by atoms with E-state index in [4.69, 9.17) is 0 Å². The third kappa shape index (κ3) is 5.29. The number of piperidine rings is 2. The Morgan fingerprint density at radius 3 is 1.11 bits per heavy atom. The summed E-state index contributed by atoms with van der Waals surface area (Å²) in [4.78, 5) is 25.6. The Morgan fingerprint density at radius 2 is 0.929 bits per heavy atom. The average molecular weight is 399 g/mol. The van der Waals surface area contributed by atoms with Gasteiger partial charge in [-0.1, -0.05) is 0 Å². The van der Waals surface area contributed by atoms with Gasteiger partial charge in [0.05, 0.1) is 0 Å². The third-order valence-corrected chi connectivity index (χ3v) is 5.77. The van der Waals surface area contributed by atoms with Gasteiger partial charge in [-0.2, -0.15) is 0 Å². The Balaban J connectivity index is 2.25. The number of hydrogen-bond acceptors (Lipinski definition) is 4. The lowest BCUT2D eigenvalue weighted by Gasteiger charge is -2.58. The molecule has 2 heterocycles. The predicted octanol–water partition coefficient (Wildman–Crippen LogP) is 3.39. The summed E-state index contributed by atoms with van der Waals surface area (Å²) in [7, 11) is 0. The second kappa shape index (κ2) is 8.45. The van der Waals surface area contributed by atoms with Crippen molar-refractivity contribution >= 4 is 12.2 Å². The van der Waals surface area contributed by atoms with Crippen LogP contribution in [0.1, 0.15) is 67.2 Å². The van der Waals surface area contributed by atoms with Crippen molar-refractivity contribution in [3.63, 3.8) is 0 Å². The fraction of sp³-hybridized carbons (Fsp3) is 0.900. The monoisotopic (exact) mass is 398 g/mol. The molecule has 8 nitrogen and oxygen atoms in total. The van der Waals surface area contributed by atoms with Gasteiger partial charge in [0.15, 0.2) is 0 Å². The maximum atomic E-state index is 11.3. The summed E-state index contributed by atoms with van der Waals surface area (Å²) in [5.41, 5.74) is -0.236. The Labute approximate surface area is 169 Å². The van der Waals surface area contributed by atoms with Gasteiger partial charge in [-0.15, -0.1) is 0 Å². The van der Waals surface area contributed by atoms with E-state index in [1.807, 2.05) is 0 Å². The predicted molar refractivity (Wildman–Crippen MR) is 108 cm³/mol. The summed E-state index contributed by atoms with van der Waals surface area (Å²) >= 11 is 0. The van der Waals surface area contributed by atoms with Gasteiger partial charge in [-0.3, -0.25) is 0 Å². The fourth-order valence-corrected chi connectivity index (χ4v) is 4.70. The van der Waals surface area contributed by atoms with Gasteiger partial charge in [0.25, 0.3) is 0 Å². The SMILES string of the molecule is CC(C)(C)N(C1CCN(C(=O)O)CC1)N(C1CCN(C(=O)O)CC1)C(C)(C)C. The van der Waals surface area contributed by atoms with Crippen LogP contribution in [0.3, 0.4) is 0 Å². The minimum absolute atomic E-state index is 0.118. The molecule has 2 saturated heterocycles. The molecule has 2 amide bonds. The molecule has 0 aliphatic carbocycles. The van der Waals surface area contributed by atoms with Crippen LogP contribution in [0.25, 0.3) is 0 Å². The largest absolute Gasteiger partial charge is 0.465 e. The van der Waals surface area contributed by atoms with Crippen LogP contribution in [0.4, 0.5) is 9.59 Å². The molecule has 2 aliphatic heterocycles. The zero-order valence-electron chi connectivity index (χ0n) is 18.3. The van der Waals surface area contributed by atoms with Gasteiger partial charge in [0.1, 0.15) is 0 Å². The molecule has 162 valence electrons. The van der Waals surface area contributed by atoms with Gasteiger partial charge >= 0.3 is 12.2 Å². The fourth-order valence-electron chi connectivity index (χ4n) is 4.70. The third-order valence-electron chi connectivity index (χ3n) is 5.77. The minimum Gasteiger partial charge on any atom is -0.465 e. The van der Waals surface area contributed by atoms with Crippen LogP contribution >= 0.6 is 0 Å². The molecule has 0 aromatic rings. The highest BCUT2D eigenvalue weighted by atomic mass is 16.4. The van der Waals surface area contributed by atoms with E-state index in [2.05, 4.69) is 51.6 Å². The van der Waals surface area contributed by atoms with Crippen LogP contribution < -0.4 is 0 Å². The van der Waals surface area contributed by atoms with Crippen molar-refractivity contribution in [1.82, 2.24) is 19.8 Å². The highest BCUT2D eigenvalue weighted by Gasteiger charge is 2.44. The average Bonchev–Trinajstić information content (AvgIpc) is 2.57. The summed E-state index contributed by atoms with van der Waals surface area (Å²) in [6, 6.07) is 0.541. The Hall–Kier alpha value is -1.54. The Morgan fingerprint density at radius 1 is 0.679 bits per heavy atom. The van der Waals surface area contributed by atoms with Crippen molar-refractivity contribution in [3.8, 4) is 0 Å². The van der Waals surface area contributed by atoms with E-state index in [1.54, 1.807) is 0 Å². The molecule has 0 radical (unpaired) electrons. The molecule has 0 unspecified atom stereocenters. The molecule has 2 fully saturated rings. The van der Waals surface area contributed by atoms with Gasteiger partial charge < -0.3 is 20.0 Å². The first-order chi connectivity index (χ1) is 12.8. The normalized spacial score (nSPS) is 20.9. The maximum absolute atomic E-state index is 11.3. The standard InChI is InChI=1S/C20H38N4O4/c1-19(2,3)23(15-7-11-21(12-8-15)17(25)26)24(20(4,5)6)16-9-13-22(14-10-16)18(27)28/h15-16H,7-14H2,1-6H3,(H,25,26)(H,27,28). The second-order valence-electron chi connectivity index (χ2n) is 10.0. The summed E-state index contributed by atoms with van der Waals surface area (Å²) in [6.07, 6.45) is 1.56. The molecule has 0 atom stereocenters. The quantitative estimate of drug-likeness (QED) is 0.709. The van der Waals surface area contributed by atoms with Crippen LogP contribution in [-0.2, 0) is 0 Å². The molecule has 2 N–H and O–H groups in total. The smallest absolute Gasteiger partial charge is 0.407 e. The van der Waals surface area contributed by atoms with Crippen LogP contribution in [0, 0.1) is 0 Å². The van der Waals surface area contributed by atoms with Crippen molar-refractivity contribution < 1.29 is 19.8 Å². The van der Waals surface area contributed by atoms with E-state index >= 15 is 0 Å². The van der Waals surface area contributed by atoms with Crippen molar-refractivity contribution in [2.24, 2.45) is 0 Å². The molecule has 0 aromatic heterocycles. The first-order valence-corrected chi connectivity index (χ1v) is 10.4. The van der Waals surface area contributed by atoms with Crippen molar-refractivity contribution in [1.29, 1.82) is 0 Å². The number of amides is 2. The number of rotatable bonds is 3. The minimum atomic E-state index is -0.838. The van der Waals surface area contributed by atoms with Crippen LogP contribution in [0.15, 0.2) is 0 Å². The van der Waals surface area contributed by atoms with Crippen molar-refractivity contribution in [3.05, 3.63) is 0 Å². The topological polar surface area (TPSA) is 87.6 Å². The summed E-state index contributed by atoms with van der Waals surface area (Å²) in [5.74, 6) is 0. The molecule has 8 heteroatoms. The number of carboxylic acid groups (broad SMARTS) is 2. The molecular weight excluding hydrogens is 360 g/mol. The summed E-state index contributed by atoms with van der Waals surface area (Å²) < 4.78 is 0. The van der Waals surface area contributed by atoms with Gasteiger partial charge in [0.2, 0.25) is 0 Å². The van der Waals surface area contributed by atoms with Crippen LogP contribution in [0.5, 0.6) is 0 Å². The van der Waals surface area contributed by atoms with Crippen molar-refractivity contribution in [2.75, 3.05) is 26.2 Å². The molecular formula is C20H38N4O4. The van der Waals surface area contributed by atoms with Gasteiger partial charge in [-0.25, -0.2) is 19.6 Å². The second-order valence-corrected chi connectivity index (χ2v) is 10.0. The van der Waals surface area contributed by atoms with Gasteiger partial charge in [-0.05, 0) is 67.2 Å². The van der Waals surface area contributed by atoms with Gasteiger partial charge in [0, 0.05) is 49.3 Å². The number of nitrogens with zero attached hydrogens (tertiary/aromatic N) is 4. The van der Waals surface area contributed by atoms with E-state index in [-0.39, 0.29) is 23.2 Å². The lowest BCUT2D eigenvalue weighted by molar-refractivity contribution is -0.204. The maximum Gasteiger partial charge on any atom is 0.407 e. The Bertz CT molecular complexity index is 504. The molecule has 0 aromatic carbocycles. The highest BCUT2D eigenvalue weighted by Crippen LogP contribution is 2.35. The summed E-state index contributed by atoms with van der Waals surface area (Å²) in [5, 5.41) is 23.5. The van der Waals surface area contributed by atoms with E-state index in [9.17, 15) is 19.8 Å². The molecule has 0 saturated carbocycles. The van der Waals surface area contributed by atoms with E-state index in [0.29, 0.717) is 26.2 Å². The molecule has 2 aliphatic rings. The van der Waals surface area contributed by atoms with Crippen molar-refractivity contribution in [2.45, 2.75) is 90.4 Å². The molecule has 28 heavy (non-hydrogen) atoms. The van der Waals surface area contributed by atoms with E-state index < -0.39 is 12.2 Å². The van der Waals surface area contributed by atoms with Crippen LogP contribution in [-0.4, -0.2) is 91.6 Å². The van der Waals surface area contributed by atoms with E-state index in [0.717, 1.165) is 25.7 Å². The lowest BCUT2D eigenvalue weighted by Crippen LogP contribution is -2.68. The lowest BCUT2D eigenvalue weighted by atomic mass is 9.93. The number of hydrogen-bond donors (Lipinski definition) is 2. The molecule has 0 spiro atoms. The highest BCUT2D eigenvalue weighted by molar-refractivity contribution is 5.65. The summed E-state index contributed by atoms with van der Waals surface area (Å²) in [6.45, 7) is 15.5. The first kappa shape index (κ1) is 22.7. The Kier molecular flexibility index (Phi) is 6.86. The first-order valence-electron chi connectivity index (χ1n) is 10.4. The van der Waals surface area contributed by atoms with Crippen LogP contribution in [0.2, 0.25) is 0 Å². The number of carbonyl (C=O) groups is 2. The number of likely N-dealkylation sites (tertiary alicyclic amines) is 2. The zero-order chi connectivity index (χ0) is 21.3. The van der Waals surface area contributed by atoms with E-state index in [1.165, 1.54) is 9.80 Å². The molecule has 0 bridgehead atoms.